The molecule has 2 N–H and O–H groups in total. The van der Waals surface area contributed by atoms with E-state index in [0.29, 0.717) is 19.8 Å². The maximum Gasteiger partial charge on any atom is 0.407 e. The van der Waals surface area contributed by atoms with Crippen LogP contribution in [0, 0.1) is 0 Å². The lowest BCUT2D eigenvalue weighted by atomic mass is 10.1. The van der Waals surface area contributed by atoms with Crippen molar-refractivity contribution in [3.8, 4) is 0 Å². The van der Waals surface area contributed by atoms with Gasteiger partial charge in [0.1, 0.15) is 0 Å². The lowest BCUT2D eigenvalue weighted by Gasteiger charge is -2.25. The van der Waals surface area contributed by atoms with Gasteiger partial charge in [-0.25, -0.2) is 4.79 Å². The molecule has 1 amide bonds. The largest absolute Gasteiger partial charge is 0.465 e. The Hall–Kier alpha value is -1.59. The van der Waals surface area contributed by atoms with Crippen LogP contribution in [0.15, 0.2) is 30.3 Å². The number of hydrogen-bond acceptors (Lipinski definition) is 3. The number of amides is 1. The third-order valence-corrected chi connectivity index (χ3v) is 3.72. The van der Waals surface area contributed by atoms with Crippen molar-refractivity contribution < 1.29 is 14.6 Å². The van der Waals surface area contributed by atoms with Gasteiger partial charge in [0.15, 0.2) is 0 Å². The van der Waals surface area contributed by atoms with E-state index in [9.17, 15) is 9.90 Å². The van der Waals surface area contributed by atoms with Gasteiger partial charge in [-0.1, -0.05) is 30.3 Å². The van der Waals surface area contributed by atoms with Gasteiger partial charge >= 0.3 is 6.09 Å². The summed E-state index contributed by atoms with van der Waals surface area (Å²) in [5.74, 6) is 0. The fourth-order valence-electron chi connectivity index (χ4n) is 2.91. The molecule has 2 atom stereocenters. The predicted octanol–water partition coefficient (Wildman–Crippen LogP) is 2.71. The first-order valence-corrected chi connectivity index (χ1v) is 7.74. The zero-order valence-corrected chi connectivity index (χ0v) is 13.6. The number of benzene rings is 1. The predicted molar refractivity (Wildman–Crippen MR) is 85.9 cm³/mol. The van der Waals surface area contributed by atoms with Crippen LogP contribution >= 0.6 is 0 Å². The van der Waals surface area contributed by atoms with Gasteiger partial charge in [-0.3, -0.25) is 0 Å². The van der Waals surface area contributed by atoms with Crippen LogP contribution in [-0.4, -0.2) is 46.9 Å². The normalized spacial score (nSPS) is 22.0. The number of nitrogens with zero attached hydrogens (tertiary/aromatic N) is 1. The number of ether oxygens (including phenoxy) is 1. The average molecular weight is 306 g/mol. The maximum atomic E-state index is 11.4. The van der Waals surface area contributed by atoms with Gasteiger partial charge in [-0.05, 0) is 32.8 Å². The molecule has 0 saturated carbocycles. The van der Waals surface area contributed by atoms with E-state index in [1.54, 1.807) is 0 Å². The first kappa shape index (κ1) is 16.8. The zero-order valence-electron chi connectivity index (χ0n) is 13.6. The topological polar surface area (TPSA) is 61.8 Å². The van der Waals surface area contributed by atoms with Crippen LogP contribution in [-0.2, 0) is 11.3 Å². The van der Waals surface area contributed by atoms with Gasteiger partial charge in [0.25, 0.3) is 0 Å². The molecule has 1 aromatic carbocycles. The van der Waals surface area contributed by atoms with Gasteiger partial charge in [0, 0.05) is 18.1 Å². The molecule has 122 valence electrons. The summed E-state index contributed by atoms with van der Waals surface area (Å²) in [6.07, 6.45) is -0.0789. The monoisotopic (exact) mass is 306 g/mol. The van der Waals surface area contributed by atoms with Gasteiger partial charge in [0.05, 0.1) is 19.3 Å². The molecule has 0 radical (unpaired) electrons. The Morgan fingerprint density at radius 2 is 2.05 bits per heavy atom. The van der Waals surface area contributed by atoms with Crippen molar-refractivity contribution in [2.24, 2.45) is 0 Å². The highest BCUT2D eigenvalue weighted by Crippen LogP contribution is 2.21. The second kappa shape index (κ2) is 7.11. The van der Waals surface area contributed by atoms with E-state index in [1.807, 2.05) is 30.3 Å². The fraction of sp³-hybridized carbons (Fsp3) is 0.588. The Kier molecular flexibility index (Phi) is 5.42. The Morgan fingerprint density at radius 1 is 1.36 bits per heavy atom. The summed E-state index contributed by atoms with van der Waals surface area (Å²) in [6.45, 7) is 7.75. The lowest BCUT2D eigenvalue weighted by molar-refractivity contribution is 0.0643. The van der Waals surface area contributed by atoms with E-state index in [-0.39, 0.29) is 17.6 Å². The molecule has 1 saturated heterocycles. The molecule has 1 fully saturated rings. The molecule has 5 heteroatoms. The molecule has 5 nitrogen and oxygen atoms in total. The van der Waals surface area contributed by atoms with E-state index in [1.165, 1.54) is 4.90 Å². The van der Waals surface area contributed by atoms with Crippen molar-refractivity contribution in [2.75, 3.05) is 13.2 Å². The van der Waals surface area contributed by atoms with Crippen molar-refractivity contribution in [3.05, 3.63) is 35.9 Å². The van der Waals surface area contributed by atoms with E-state index in [4.69, 9.17) is 4.74 Å². The Labute approximate surface area is 132 Å². The number of hydrogen-bond donors (Lipinski definition) is 2. The molecule has 1 aromatic rings. The van der Waals surface area contributed by atoms with Gasteiger partial charge in [-0.2, -0.15) is 0 Å². The second-order valence-corrected chi connectivity index (χ2v) is 6.92. The molecule has 1 heterocycles. The zero-order chi connectivity index (χ0) is 16.2. The molecule has 1 aliphatic rings. The van der Waals surface area contributed by atoms with Crippen LogP contribution in [0.25, 0.3) is 0 Å². The van der Waals surface area contributed by atoms with Crippen LogP contribution in [0.3, 0.4) is 0 Å². The first-order valence-electron chi connectivity index (χ1n) is 7.74. The lowest BCUT2D eigenvalue weighted by Crippen LogP contribution is -2.45. The minimum absolute atomic E-state index is 0.0192. The smallest absolute Gasteiger partial charge is 0.407 e. The minimum atomic E-state index is -0.869. The summed E-state index contributed by atoms with van der Waals surface area (Å²) in [4.78, 5) is 12.9. The van der Waals surface area contributed by atoms with Crippen LogP contribution < -0.4 is 5.32 Å². The Balaban J connectivity index is 1.86. The third kappa shape index (κ3) is 5.00. The molecule has 1 aliphatic heterocycles. The highest BCUT2D eigenvalue weighted by molar-refractivity contribution is 5.66. The van der Waals surface area contributed by atoms with Crippen molar-refractivity contribution in [3.63, 3.8) is 0 Å². The number of carboxylic acid groups (broad SMARTS) is 1. The summed E-state index contributed by atoms with van der Waals surface area (Å²) < 4.78 is 5.73. The summed E-state index contributed by atoms with van der Waals surface area (Å²) >= 11 is 0. The fourth-order valence-corrected chi connectivity index (χ4v) is 2.91. The van der Waals surface area contributed by atoms with E-state index in [2.05, 4.69) is 26.1 Å². The first-order chi connectivity index (χ1) is 10.3. The van der Waals surface area contributed by atoms with Crippen molar-refractivity contribution in [1.82, 2.24) is 10.2 Å². The number of likely N-dealkylation sites (tertiary alicyclic amines) is 1. The van der Waals surface area contributed by atoms with Crippen molar-refractivity contribution >= 4 is 6.09 Å². The quantitative estimate of drug-likeness (QED) is 0.878. The van der Waals surface area contributed by atoms with Crippen molar-refractivity contribution in [1.29, 1.82) is 0 Å². The summed E-state index contributed by atoms with van der Waals surface area (Å²) in [5, 5.41) is 12.8. The highest BCUT2D eigenvalue weighted by Gasteiger charge is 2.36. The van der Waals surface area contributed by atoms with E-state index in [0.717, 1.165) is 12.0 Å². The summed E-state index contributed by atoms with van der Waals surface area (Å²) in [6, 6.07) is 10.0. The molecule has 0 bridgehead atoms. The van der Waals surface area contributed by atoms with Crippen LogP contribution in [0.4, 0.5) is 4.79 Å². The molecule has 0 unspecified atom stereocenters. The van der Waals surface area contributed by atoms with Crippen LogP contribution in [0.5, 0.6) is 0 Å². The summed E-state index contributed by atoms with van der Waals surface area (Å²) in [7, 11) is 0. The SMILES string of the molecule is CC(C)(C)N[C@@H]1C[C@@H](COCc2ccccc2)N(C(=O)O)C1. The molecular formula is C17H26N2O3. The molecule has 0 aromatic heterocycles. The van der Waals surface area contributed by atoms with Gasteiger partial charge < -0.3 is 20.1 Å². The minimum Gasteiger partial charge on any atom is -0.465 e. The summed E-state index contributed by atoms with van der Waals surface area (Å²) in [5.41, 5.74) is 1.08. The number of rotatable bonds is 5. The van der Waals surface area contributed by atoms with E-state index >= 15 is 0 Å². The highest BCUT2D eigenvalue weighted by atomic mass is 16.5. The Bertz CT molecular complexity index is 484. The molecule has 2 rings (SSSR count). The maximum absolute atomic E-state index is 11.4. The van der Waals surface area contributed by atoms with Gasteiger partial charge in [-0.15, -0.1) is 0 Å². The van der Waals surface area contributed by atoms with Crippen LogP contribution in [0.2, 0.25) is 0 Å². The van der Waals surface area contributed by atoms with Gasteiger partial charge in [0.2, 0.25) is 0 Å². The third-order valence-electron chi connectivity index (χ3n) is 3.72. The number of nitrogens with one attached hydrogen (secondary N) is 1. The van der Waals surface area contributed by atoms with E-state index < -0.39 is 6.09 Å². The standard InChI is InChI=1S/C17H26N2O3/c1-17(2,3)18-14-9-15(19(10-14)16(20)21)12-22-11-13-7-5-4-6-8-13/h4-8,14-15,18H,9-12H2,1-3H3,(H,20,21)/t14-,15+/m1/s1. The van der Waals surface area contributed by atoms with Crippen molar-refractivity contribution in [2.45, 2.75) is 51.4 Å². The molecular weight excluding hydrogens is 280 g/mol. The molecule has 22 heavy (non-hydrogen) atoms. The number of carbonyl (C=O) groups is 1. The molecule has 0 spiro atoms. The Morgan fingerprint density at radius 3 is 2.64 bits per heavy atom. The average Bonchev–Trinajstić information content (AvgIpc) is 2.81. The van der Waals surface area contributed by atoms with Crippen LogP contribution in [0.1, 0.15) is 32.8 Å². The second-order valence-electron chi connectivity index (χ2n) is 6.92. The molecule has 0 aliphatic carbocycles.